The number of alkyl halides is 3. The van der Waals surface area contributed by atoms with Gasteiger partial charge in [-0.15, -0.1) is 0 Å². The average molecular weight is 310 g/mol. The highest BCUT2D eigenvalue weighted by Gasteiger charge is 2.38. The minimum Gasteiger partial charge on any atom is -0.316 e. The van der Waals surface area contributed by atoms with Gasteiger partial charge in [0.2, 0.25) is 0 Å². The number of aryl methyl sites for hydroxylation is 1. The van der Waals surface area contributed by atoms with Crippen molar-refractivity contribution in [1.82, 2.24) is 14.7 Å². The van der Waals surface area contributed by atoms with Crippen molar-refractivity contribution in [2.75, 3.05) is 5.32 Å². The summed E-state index contributed by atoms with van der Waals surface area (Å²) in [5.74, 6) is 0. The summed E-state index contributed by atoms with van der Waals surface area (Å²) in [6, 6.07) is 6.95. The molecule has 2 amide bonds. The maximum atomic E-state index is 12.9. The van der Waals surface area contributed by atoms with Crippen LogP contribution in [0.3, 0.4) is 0 Å². The zero-order valence-corrected chi connectivity index (χ0v) is 11.7. The predicted octanol–water partition coefficient (Wildman–Crippen LogP) is 2.99. The lowest BCUT2D eigenvalue weighted by Gasteiger charge is -2.16. The molecule has 1 aromatic heterocycles. The summed E-state index contributed by atoms with van der Waals surface area (Å²) in [5, 5.41) is 5.66. The minimum atomic E-state index is -4.61. The lowest BCUT2D eigenvalue weighted by atomic mass is 10.1. The zero-order chi connectivity index (χ0) is 15.9. The van der Waals surface area contributed by atoms with Crippen molar-refractivity contribution in [2.24, 2.45) is 7.05 Å². The van der Waals surface area contributed by atoms with Crippen molar-refractivity contribution >= 4 is 11.7 Å². The molecule has 1 aromatic carbocycles. The molecule has 0 saturated heterocycles. The maximum absolute atomic E-state index is 12.9. The van der Waals surface area contributed by atoms with Crippen LogP contribution in [0.15, 0.2) is 30.5 Å². The third-order valence-electron chi connectivity index (χ3n) is 3.47. The molecular formula is C14H13F3N4O. The Balaban J connectivity index is 1.77. The number of fused-ring (bicyclic) bond motifs is 1. The molecule has 1 aliphatic rings. The number of nitrogens with one attached hydrogen (secondary N) is 1. The summed E-state index contributed by atoms with van der Waals surface area (Å²) >= 11 is 0. The Kier molecular flexibility index (Phi) is 3.31. The summed E-state index contributed by atoms with van der Waals surface area (Å²) in [4.78, 5) is 13.6. The highest BCUT2D eigenvalue weighted by atomic mass is 19.4. The molecule has 0 bridgehead atoms. The Hall–Kier alpha value is -2.51. The monoisotopic (exact) mass is 310 g/mol. The number of hydrogen-bond acceptors (Lipinski definition) is 2. The number of carbonyl (C=O) groups excluding carboxylic acids is 1. The van der Waals surface area contributed by atoms with Crippen molar-refractivity contribution in [3.63, 3.8) is 0 Å². The van der Waals surface area contributed by atoms with E-state index in [-0.39, 0.29) is 5.69 Å². The number of halogens is 3. The van der Waals surface area contributed by atoms with Gasteiger partial charge in [0.25, 0.3) is 0 Å². The first-order valence-corrected chi connectivity index (χ1v) is 6.58. The molecular weight excluding hydrogens is 297 g/mol. The molecule has 0 aliphatic carbocycles. The lowest BCUT2D eigenvalue weighted by molar-refractivity contribution is -0.140. The van der Waals surface area contributed by atoms with E-state index in [1.54, 1.807) is 0 Å². The largest absolute Gasteiger partial charge is 0.437 e. The molecule has 3 rings (SSSR count). The van der Waals surface area contributed by atoms with Crippen LogP contribution in [0, 0.1) is 0 Å². The van der Waals surface area contributed by atoms with E-state index in [1.807, 2.05) is 24.3 Å². The smallest absolute Gasteiger partial charge is 0.316 e. The topological polar surface area (TPSA) is 50.2 Å². The van der Waals surface area contributed by atoms with Gasteiger partial charge in [-0.25, -0.2) is 4.79 Å². The fourth-order valence-corrected chi connectivity index (χ4v) is 2.46. The first-order chi connectivity index (χ1) is 10.3. The van der Waals surface area contributed by atoms with Crippen molar-refractivity contribution in [3.05, 3.63) is 47.3 Å². The molecule has 5 nitrogen and oxygen atoms in total. The number of hydrogen-bond donors (Lipinski definition) is 1. The Morgan fingerprint density at radius 2 is 1.82 bits per heavy atom. The van der Waals surface area contributed by atoms with E-state index < -0.39 is 17.9 Å². The molecule has 0 atom stereocenters. The van der Waals surface area contributed by atoms with Gasteiger partial charge in [-0.05, 0) is 11.1 Å². The fourth-order valence-electron chi connectivity index (χ4n) is 2.46. The lowest BCUT2D eigenvalue weighted by Crippen LogP contribution is -2.30. The standard InChI is InChI=1S/C14H13F3N4O/c1-20-8-11(12(19-20)14(15,16)17)18-13(22)21-6-9-4-2-3-5-10(9)7-21/h2-5,8H,6-7H2,1H3,(H,18,22). The van der Waals surface area contributed by atoms with Gasteiger partial charge in [0.15, 0.2) is 5.69 Å². The van der Waals surface area contributed by atoms with Crippen LogP contribution in [0.1, 0.15) is 16.8 Å². The Morgan fingerprint density at radius 1 is 1.23 bits per heavy atom. The van der Waals surface area contributed by atoms with Gasteiger partial charge >= 0.3 is 12.2 Å². The summed E-state index contributed by atoms with van der Waals surface area (Å²) in [5.41, 5.74) is 0.566. The number of carbonyl (C=O) groups is 1. The second kappa shape index (κ2) is 5.04. The number of benzene rings is 1. The third-order valence-corrected chi connectivity index (χ3v) is 3.47. The maximum Gasteiger partial charge on any atom is 0.437 e. The van der Waals surface area contributed by atoms with Crippen molar-refractivity contribution < 1.29 is 18.0 Å². The summed E-state index contributed by atoms with van der Waals surface area (Å²) < 4.78 is 39.6. The second-order valence-corrected chi connectivity index (χ2v) is 5.12. The molecule has 2 heterocycles. The van der Waals surface area contributed by atoms with E-state index in [2.05, 4.69) is 10.4 Å². The van der Waals surface area contributed by atoms with Crippen LogP contribution in [0.2, 0.25) is 0 Å². The molecule has 0 fully saturated rings. The SMILES string of the molecule is Cn1cc(NC(=O)N2Cc3ccccc3C2)c(C(F)(F)F)n1. The van der Waals surface area contributed by atoms with Crippen LogP contribution in [-0.4, -0.2) is 20.7 Å². The zero-order valence-electron chi connectivity index (χ0n) is 11.7. The van der Waals surface area contributed by atoms with Gasteiger partial charge in [-0.1, -0.05) is 24.3 Å². The molecule has 2 aromatic rings. The number of amides is 2. The van der Waals surface area contributed by atoms with Crippen LogP contribution in [0.5, 0.6) is 0 Å². The van der Waals surface area contributed by atoms with Crippen molar-refractivity contribution in [3.8, 4) is 0 Å². The average Bonchev–Trinajstić information content (AvgIpc) is 3.01. The summed E-state index contributed by atoms with van der Waals surface area (Å²) in [6.07, 6.45) is -3.47. The summed E-state index contributed by atoms with van der Waals surface area (Å²) in [6.45, 7) is 0.757. The van der Waals surface area contributed by atoms with Gasteiger partial charge in [0, 0.05) is 26.3 Å². The van der Waals surface area contributed by atoms with E-state index >= 15 is 0 Å². The highest BCUT2D eigenvalue weighted by Crippen LogP contribution is 2.33. The van der Waals surface area contributed by atoms with Crippen LogP contribution < -0.4 is 5.32 Å². The predicted molar refractivity (Wildman–Crippen MR) is 72.9 cm³/mol. The van der Waals surface area contributed by atoms with E-state index in [4.69, 9.17) is 0 Å². The normalized spacial score (nSPS) is 14.1. The van der Waals surface area contributed by atoms with E-state index in [1.165, 1.54) is 11.9 Å². The first kappa shape index (κ1) is 14.4. The van der Waals surface area contributed by atoms with E-state index in [0.717, 1.165) is 22.0 Å². The van der Waals surface area contributed by atoms with Crippen molar-refractivity contribution in [2.45, 2.75) is 19.3 Å². The van der Waals surface area contributed by atoms with E-state index in [0.29, 0.717) is 13.1 Å². The van der Waals surface area contributed by atoms with Crippen LogP contribution in [0.25, 0.3) is 0 Å². The number of anilines is 1. The third kappa shape index (κ3) is 2.63. The van der Waals surface area contributed by atoms with Crippen LogP contribution >= 0.6 is 0 Å². The summed E-state index contributed by atoms with van der Waals surface area (Å²) in [7, 11) is 1.37. The molecule has 0 saturated carbocycles. The van der Waals surface area contributed by atoms with Gasteiger partial charge in [-0.2, -0.15) is 18.3 Å². The number of nitrogens with zero attached hydrogens (tertiary/aromatic N) is 3. The van der Waals surface area contributed by atoms with Crippen LogP contribution in [0.4, 0.5) is 23.7 Å². The van der Waals surface area contributed by atoms with Gasteiger partial charge in [0.1, 0.15) is 0 Å². The molecule has 0 radical (unpaired) electrons. The molecule has 1 N–H and O–H groups in total. The highest BCUT2D eigenvalue weighted by molar-refractivity contribution is 5.90. The quantitative estimate of drug-likeness (QED) is 0.880. The Labute approximate surface area is 124 Å². The fraction of sp³-hybridized carbons (Fsp3) is 0.286. The molecule has 22 heavy (non-hydrogen) atoms. The molecule has 116 valence electrons. The number of aromatic nitrogens is 2. The number of rotatable bonds is 1. The Morgan fingerprint density at radius 3 is 2.36 bits per heavy atom. The van der Waals surface area contributed by atoms with E-state index in [9.17, 15) is 18.0 Å². The van der Waals surface area contributed by atoms with Gasteiger partial charge in [0.05, 0.1) is 5.69 Å². The van der Waals surface area contributed by atoms with Crippen molar-refractivity contribution in [1.29, 1.82) is 0 Å². The Bertz CT molecular complexity index is 698. The first-order valence-electron chi connectivity index (χ1n) is 6.58. The number of urea groups is 1. The minimum absolute atomic E-state index is 0.337. The van der Waals surface area contributed by atoms with Gasteiger partial charge < -0.3 is 10.2 Å². The molecule has 8 heteroatoms. The molecule has 1 aliphatic heterocycles. The molecule has 0 spiro atoms. The van der Waals surface area contributed by atoms with Gasteiger partial charge in [-0.3, -0.25) is 4.68 Å². The van der Waals surface area contributed by atoms with Crippen LogP contribution in [-0.2, 0) is 26.3 Å². The molecule has 0 unspecified atom stereocenters. The second-order valence-electron chi connectivity index (χ2n) is 5.12.